The highest BCUT2D eigenvalue weighted by molar-refractivity contribution is 6.74. The van der Waals surface area contributed by atoms with Crippen molar-refractivity contribution < 1.29 is 27.5 Å². The molecule has 0 heterocycles. The molecule has 0 aromatic heterocycles. The zero-order valence-corrected chi connectivity index (χ0v) is 25.9. The number of hydrogen-bond acceptors (Lipinski definition) is 2. The van der Waals surface area contributed by atoms with Gasteiger partial charge in [-0.2, -0.15) is 13.2 Å². The van der Waals surface area contributed by atoms with Crippen molar-refractivity contribution in [1.29, 1.82) is 0 Å². The number of halogens is 3. The van der Waals surface area contributed by atoms with E-state index in [0.29, 0.717) is 12.8 Å². The highest BCUT2D eigenvalue weighted by Crippen LogP contribution is 2.62. The third-order valence-corrected chi connectivity index (χ3v) is 14.7. The van der Waals surface area contributed by atoms with Gasteiger partial charge in [-0.25, -0.2) is 4.79 Å². The molecule has 4 aliphatic carbocycles. The fourth-order valence-corrected chi connectivity index (χ4v) is 8.71. The highest BCUT2D eigenvalue weighted by Gasteiger charge is 2.53. The van der Waals surface area contributed by atoms with Gasteiger partial charge in [0.1, 0.15) is 5.75 Å². The van der Waals surface area contributed by atoms with Crippen LogP contribution in [0.4, 0.5) is 13.2 Å². The second-order valence-corrected chi connectivity index (χ2v) is 19.2. The van der Waals surface area contributed by atoms with E-state index in [1.807, 2.05) is 0 Å². The molecule has 4 aliphatic rings. The zero-order valence-electron chi connectivity index (χ0n) is 24.9. The maximum atomic E-state index is 13.2. The van der Waals surface area contributed by atoms with Gasteiger partial charge in [-0.15, -0.1) is 0 Å². The van der Waals surface area contributed by atoms with Crippen LogP contribution in [0.25, 0.3) is 5.57 Å². The molecule has 222 valence electrons. The van der Waals surface area contributed by atoms with Gasteiger partial charge in [-0.3, -0.25) is 0 Å². The van der Waals surface area contributed by atoms with Crippen LogP contribution in [0.5, 0.6) is 5.75 Å². The summed E-state index contributed by atoms with van der Waals surface area (Å²) < 4.78 is 46.7. The minimum Gasteiger partial charge on any atom is -0.543 e. The van der Waals surface area contributed by atoms with Crippen LogP contribution in [0.1, 0.15) is 88.0 Å². The molecule has 0 unspecified atom stereocenters. The summed E-state index contributed by atoms with van der Waals surface area (Å²) in [4.78, 5) is 12.0. The lowest BCUT2D eigenvalue weighted by Gasteiger charge is -2.57. The summed E-state index contributed by atoms with van der Waals surface area (Å²) in [5, 5.41) is 9.84. The Morgan fingerprint density at radius 2 is 1.61 bits per heavy atom. The lowest BCUT2D eigenvalue weighted by Crippen LogP contribution is -2.49. The predicted octanol–water partition coefficient (Wildman–Crippen LogP) is 9.66. The Kier molecular flexibility index (Phi) is 7.76. The van der Waals surface area contributed by atoms with Crippen LogP contribution >= 0.6 is 0 Å². The number of benzene rings is 2. The Hall–Kier alpha value is -2.54. The average Bonchev–Trinajstić information content (AvgIpc) is 2.84. The maximum Gasteiger partial charge on any atom is 0.416 e. The molecule has 0 atom stereocenters. The van der Waals surface area contributed by atoms with Crippen LogP contribution in [0, 0.1) is 17.8 Å². The van der Waals surface area contributed by atoms with Crippen LogP contribution in [0.2, 0.25) is 18.1 Å². The molecule has 7 heteroatoms. The SMILES string of the molecule is CC(C)(C)[Si](C)(C)Oc1cc(CC/C=C(/C(=O)O)c2cccc(C(F)(F)F)c2)ccc1C12CC3CC(CC(C3)C1)C2. The highest BCUT2D eigenvalue weighted by atomic mass is 28.4. The van der Waals surface area contributed by atoms with Crippen molar-refractivity contribution in [3.8, 4) is 5.75 Å². The number of alkyl halides is 3. The molecule has 1 N–H and O–H groups in total. The quantitative estimate of drug-likeness (QED) is 0.248. The largest absolute Gasteiger partial charge is 0.543 e. The van der Waals surface area contributed by atoms with Gasteiger partial charge in [0.2, 0.25) is 8.32 Å². The zero-order chi connectivity index (χ0) is 29.8. The van der Waals surface area contributed by atoms with E-state index in [1.165, 1.54) is 56.2 Å². The molecule has 0 amide bonds. The first-order chi connectivity index (χ1) is 19.1. The van der Waals surface area contributed by atoms with E-state index in [9.17, 15) is 23.1 Å². The first-order valence-corrected chi connectivity index (χ1v) is 17.9. The van der Waals surface area contributed by atoms with Crippen molar-refractivity contribution in [2.24, 2.45) is 17.8 Å². The molecule has 0 saturated heterocycles. The van der Waals surface area contributed by atoms with Crippen molar-refractivity contribution in [2.75, 3.05) is 0 Å². The van der Waals surface area contributed by atoms with Crippen LogP contribution in [0.15, 0.2) is 48.5 Å². The molecular formula is C34H43F3O3Si. The van der Waals surface area contributed by atoms with E-state index in [4.69, 9.17) is 4.43 Å². The lowest BCUT2D eigenvalue weighted by molar-refractivity contribution is -0.137. The fourth-order valence-electron chi connectivity index (χ4n) is 7.69. The molecule has 0 spiro atoms. The average molecular weight is 585 g/mol. The summed E-state index contributed by atoms with van der Waals surface area (Å²) in [6.45, 7) is 11.3. The standard InChI is InChI=1S/C34H43F3O3Si/c1-32(2,3)41(4,5)40-30-17-22(12-13-29(30)33-19-23-14-24(20-33)16-25(15-23)21-33)8-6-11-28(31(38)39)26-9-7-10-27(18-26)34(35,36)37/h7,9-13,17-18,23-25H,6,8,14-16,19-21H2,1-5H3,(H,38,39)/b28-11+. The summed E-state index contributed by atoms with van der Waals surface area (Å²) >= 11 is 0. The number of carboxylic acids is 1. The Morgan fingerprint density at radius 1 is 1.00 bits per heavy atom. The molecule has 0 radical (unpaired) electrons. The van der Waals surface area contributed by atoms with Gasteiger partial charge < -0.3 is 9.53 Å². The van der Waals surface area contributed by atoms with Crippen LogP contribution in [0.3, 0.4) is 0 Å². The van der Waals surface area contributed by atoms with E-state index in [1.54, 1.807) is 6.08 Å². The van der Waals surface area contributed by atoms with Crippen LogP contribution in [-0.2, 0) is 22.8 Å². The smallest absolute Gasteiger partial charge is 0.416 e. The van der Waals surface area contributed by atoms with Crippen molar-refractivity contribution in [3.05, 3.63) is 70.8 Å². The Morgan fingerprint density at radius 3 is 2.15 bits per heavy atom. The first-order valence-electron chi connectivity index (χ1n) is 15.0. The van der Waals surface area contributed by atoms with E-state index < -0.39 is 26.0 Å². The van der Waals surface area contributed by atoms with E-state index >= 15 is 0 Å². The summed E-state index contributed by atoms with van der Waals surface area (Å²) in [6.07, 6.45) is 5.84. The third kappa shape index (κ3) is 6.16. The summed E-state index contributed by atoms with van der Waals surface area (Å²) in [6, 6.07) is 11.1. The third-order valence-electron chi connectivity index (χ3n) is 10.3. The minimum atomic E-state index is -4.53. The van der Waals surface area contributed by atoms with Crippen molar-refractivity contribution in [1.82, 2.24) is 0 Å². The van der Waals surface area contributed by atoms with E-state index in [0.717, 1.165) is 41.2 Å². The number of aryl methyl sites for hydroxylation is 1. The van der Waals surface area contributed by atoms with Gasteiger partial charge in [0.25, 0.3) is 0 Å². The number of carboxylic acid groups (broad SMARTS) is 1. The Balaban J connectivity index is 1.43. The normalized spacial score (nSPS) is 26.3. The lowest BCUT2D eigenvalue weighted by atomic mass is 9.48. The number of allylic oxidation sites excluding steroid dienone is 1. The van der Waals surface area contributed by atoms with Crippen molar-refractivity contribution in [2.45, 2.75) is 102 Å². The molecule has 6 rings (SSSR count). The molecule has 0 aliphatic heterocycles. The van der Waals surface area contributed by atoms with Gasteiger partial charge in [0, 0.05) is 0 Å². The molecule has 4 bridgehead atoms. The van der Waals surface area contributed by atoms with Gasteiger partial charge in [-0.1, -0.05) is 51.1 Å². The maximum absolute atomic E-state index is 13.2. The fraction of sp³-hybridized carbons (Fsp3) is 0.559. The molecular weight excluding hydrogens is 541 g/mol. The minimum absolute atomic E-state index is 0.0474. The molecule has 4 fully saturated rings. The molecule has 3 nitrogen and oxygen atoms in total. The van der Waals surface area contributed by atoms with Crippen molar-refractivity contribution >= 4 is 19.9 Å². The predicted molar refractivity (Wildman–Crippen MR) is 159 cm³/mol. The van der Waals surface area contributed by atoms with E-state index in [-0.39, 0.29) is 21.6 Å². The van der Waals surface area contributed by atoms with Crippen molar-refractivity contribution in [3.63, 3.8) is 0 Å². The Bertz CT molecular complexity index is 1300. The number of aliphatic carboxylic acids is 1. The van der Waals surface area contributed by atoms with Gasteiger partial charge in [0.05, 0.1) is 11.1 Å². The van der Waals surface area contributed by atoms with Gasteiger partial charge >= 0.3 is 12.1 Å². The summed E-state index contributed by atoms with van der Waals surface area (Å²) in [7, 11) is -2.12. The molecule has 2 aromatic carbocycles. The van der Waals surface area contributed by atoms with Gasteiger partial charge in [-0.05, 0) is 128 Å². The van der Waals surface area contributed by atoms with E-state index in [2.05, 4.69) is 52.1 Å². The van der Waals surface area contributed by atoms with Crippen LogP contribution < -0.4 is 4.43 Å². The monoisotopic (exact) mass is 584 g/mol. The molecule has 4 saturated carbocycles. The van der Waals surface area contributed by atoms with Gasteiger partial charge in [0.15, 0.2) is 0 Å². The number of hydrogen-bond donors (Lipinski definition) is 1. The molecule has 2 aromatic rings. The Labute approximate surface area is 243 Å². The van der Waals surface area contributed by atoms with Crippen LogP contribution in [-0.4, -0.2) is 19.4 Å². The second kappa shape index (κ2) is 10.6. The number of rotatable bonds is 8. The summed E-state index contributed by atoms with van der Waals surface area (Å²) in [5.74, 6) is 2.21. The topological polar surface area (TPSA) is 46.5 Å². The molecule has 41 heavy (non-hydrogen) atoms. The first kappa shape index (κ1) is 29.9. The summed E-state index contributed by atoms with van der Waals surface area (Å²) in [5.41, 5.74) is 1.69. The number of carbonyl (C=O) groups is 1. The second-order valence-electron chi connectivity index (χ2n) is 14.4.